The third-order valence-electron chi connectivity index (χ3n) is 1.62. The maximum absolute atomic E-state index is 12.7. The molecule has 4 heteroatoms. The summed E-state index contributed by atoms with van der Waals surface area (Å²) >= 11 is 1.46. The summed E-state index contributed by atoms with van der Waals surface area (Å²) in [4.78, 5) is 0.766. The van der Waals surface area contributed by atoms with Gasteiger partial charge in [0.25, 0.3) is 0 Å². The van der Waals surface area contributed by atoms with E-state index in [1.165, 1.54) is 23.9 Å². The minimum absolute atomic E-state index is 0.135. The number of aliphatic hydroxyl groups excluding tert-OH is 1. The SMILES string of the molecule is N#Cc1cc(F)ccc1SCCCO. The summed E-state index contributed by atoms with van der Waals surface area (Å²) in [5.41, 5.74) is 0.355. The van der Waals surface area contributed by atoms with Crippen LogP contribution >= 0.6 is 11.8 Å². The lowest BCUT2D eigenvalue weighted by Gasteiger charge is -2.02. The second-order valence-electron chi connectivity index (χ2n) is 2.68. The number of rotatable bonds is 4. The van der Waals surface area contributed by atoms with Gasteiger partial charge < -0.3 is 5.11 Å². The van der Waals surface area contributed by atoms with Crippen LogP contribution in [0.3, 0.4) is 0 Å². The molecule has 0 unspecified atom stereocenters. The Morgan fingerprint density at radius 2 is 2.29 bits per heavy atom. The van der Waals surface area contributed by atoms with E-state index in [0.717, 1.165) is 10.6 Å². The highest BCUT2D eigenvalue weighted by molar-refractivity contribution is 7.99. The molecule has 1 aromatic carbocycles. The van der Waals surface area contributed by atoms with E-state index in [9.17, 15) is 4.39 Å². The third kappa shape index (κ3) is 3.02. The summed E-state index contributed by atoms with van der Waals surface area (Å²) in [6.45, 7) is 0.135. The number of hydrogen-bond donors (Lipinski definition) is 1. The molecule has 1 rings (SSSR count). The fourth-order valence-corrected chi connectivity index (χ4v) is 1.88. The molecule has 1 aromatic rings. The first-order chi connectivity index (χ1) is 6.77. The van der Waals surface area contributed by atoms with Gasteiger partial charge in [-0.3, -0.25) is 0 Å². The van der Waals surface area contributed by atoms with Gasteiger partial charge in [-0.25, -0.2) is 4.39 Å². The van der Waals surface area contributed by atoms with Crippen LogP contribution in [-0.2, 0) is 0 Å². The van der Waals surface area contributed by atoms with Crippen LogP contribution in [-0.4, -0.2) is 17.5 Å². The van der Waals surface area contributed by atoms with Crippen molar-refractivity contribution in [1.82, 2.24) is 0 Å². The van der Waals surface area contributed by atoms with Crippen molar-refractivity contribution < 1.29 is 9.50 Å². The Balaban J connectivity index is 2.72. The Morgan fingerprint density at radius 3 is 2.93 bits per heavy atom. The summed E-state index contributed by atoms with van der Waals surface area (Å²) in [6.07, 6.45) is 0.674. The summed E-state index contributed by atoms with van der Waals surface area (Å²) in [5.74, 6) is 0.338. The van der Waals surface area contributed by atoms with Crippen LogP contribution in [0.1, 0.15) is 12.0 Å². The first kappa shape index (κ1) is 11.0. The minimum Gasteiger partial charge on any atom is -0.396 e. The van der Waals surface area contributed by atoms with Gasteiger partial charge >= 0.3 is 0 Å². The molecule has 14 heavy (non-hydrogen) atoms. The number of hydrogen-bond acceptors (Lipinski definition) is 3. The molecule has 0 saturated carbocycles. The molecule has 0 aliphatic carbocycles. The van der Waals surface area contributed by atoms with Gasteiger partial charge in [-0.05, 0) is 24.6 Å². The highest BCUT2D eigenvalue weighted by atomic mass is 32.2. The van der Waals surface area contributed by atoms with Gasteiger partial charge in [0.2, 0.25) is 0 Å². The van der Waals surface area contributed by atoms with Gasteiger partial charge in [-0.15, -0.1) is 11.8 Å². The van der Waals surface area contributed by atoms with Gasteiger partial charge in [0.05, 0.1) is 5.56 Å². The number of thioether (sulfide) groups is 1. The molecule has 2 nitrogen and oxygen atoms in total. The molecule has 0 bridgehead atoms. The summed E-state index contributed by atoms with van der Waals surface area (Å²) < 4.78 is 12.7. The molecule has 0 atom stereocenters. The zero-order chi connectivity index (χ0) is 10.4. The lowest BCUT2D eigenvalue weighted by atomic mass is 10.2. The molecule has 0 saturated heterocycles. The van der Waals surface area contributed by atoms with Crippen molar-refractivity contribution in [2.75, 3.05) is 12.4 Å². The standard InChI is InChI=1S/C10H10FNOS/c11-9-2-3-10(8(6-9)7-12)14-5-1-4-13/h2-3,6,13H,1,4-5H2. The molecule has 0 amide bonds. The molecule has 0 aliphatic heterocycles. The Labute approximate surface area is 86.4 Å². The predicted molar refractivity (Wildman–Crippen MR) is 53.5 cm³/mol. The van der Waals surface area contributed by atoms with Crippen molar-refractivity contribution in [2.24, 2.45) is 0 Å². The molecule has 1 N–H and O–H groups in total. The Bertz CT molecular complexity index is 348. The molecule has 74 valence electrons. The quantitative estimate of drug-likeness (QED) is 0.613. The van der Waals surface area contributed by atoms with Crippen LogP contribution in [0.5, 0.6) is 0 Å². The average Bonchev–Trinajstić information content (AvgIpc) is 2.20. The summed E-state index contributed by atoms with van der Waals surface area (Å²) in [7, 11) is 0. The van der Waals surface area contributed by atoms with E-state index >= 15 is 0 Å². The smallest absolute Gasteiger partial charge is 0.124 e. The third-order valence-corrected chi connectivity index (χ3v) is 2.78. The molecular formula is C10H10FNOS. The molecule has 0 aromatic heterocycles. The highest BCUT2D eigenvalue weighted by Gasteiger charge is 2.03. The zero-order valence-electron chi connectivity index (χ0n) is 7.53. The number of halogens is 1. The Hall–Kier alpha value is -1.05. The number of nitrogens with zero attached hydrogens (tertiary/aromatic N) is 1. The van der Waals surface area contributed by atoms with E-state index in [4.69, 9.17) is 10.4 Å². The first-order valence-electron chi connectivity index (χ1n) is 4.21. The highest BCUT2D eigenvalue weighted by Crippen LogP contribution is 2.23. The van der Waals surface area contributed by atoms with Crippen LogP contribution in [0.15, 0.2) is 23.1 Å². The van der Waals surface area contributed by atoms with Crippen LogP contribution < -0.4 is 0 Å². The molecule has 0 heterocycles. The molecule has 0 aliphatic rings. The normalized spacial score (nSPS) is 9.79. The van der Waals surface area contributed by atoms with E-state index in [1.807, 2.05) is 6.07 Å². The van der Waals surface area contributed by atoms with E-state index < -0.39 is 5.82 Å². The second kappa shape index (κ2) is 5.63. The van der Waals surface area contributed by atoms with E-state index in [1.54, 1.807) is 6.07 Å². The molecule has 0 radical (unpaired) electrons. The van der Waals surface area contributed by atoms with E-state index in [0.29, 0.717) is 12.0 Å². The average molecular weight is 211 g/mol. The maximum Gasteiger partial charge on any atom is 0.124 e. The van der Waals surface area contributed by atoms with Gasteiger partial charge in [0.1, 0.15) is 11.9 Å². The number of benzene rings is 1. The van der Waals surface area contributed by atoms with Crippen molar-refractivity contribution in [3.8, 4) is 6.07 Å². The molecule has 0 spiro atoms. The van der Waals surface area contributed by atoms with Crippen LogP contribution in [0.25, 0.3) is 0 Å². The van der Waals surface area contributed by atoms with Crippen LogP contribution in [0.2, 0.25) is 0 Å². The van der Waals surface area contributed by atoms with Crippen LogP contribution in [0, 0.1) is 17.1 Å². The second-order valence-corrected chi connectivity index (χ2v) is 3.81. The lowest BCUT2D eigenvalue weighted by Crippen LogP contribution is -1.88. The summed E-state index contributed by atoms with van der Waals surface area (Å²) in [6, 6.07) is 6.09. The van der Waals surface area contributed by atoms with E-state index in [2.05, 4.69) is 0 Å². The predicted octanol–water partition coefficient (Wildman–Crippen LogP) is 2.17. The van der Waals surface area contributed by atoms with Gasteiger partial charge in [0, 0.05) is 17.3 Å². The Morgan fingerprint density at radius 1 is 1.50 bits per heavy atom. The number of nitriles is 1. The van der Waals surface area contributed by atoms with E-state index in [-0.39, 0.29) is 6.61 Å². The Kier molecular flexibility index (Phi) is 4.44. The minimum atomic E-state index is -0.395. The number of aliphatic hydroxyl groups is 1. The zero-order valence-corrected chi connectivity index (χ0v) is 8.35. The van der Waals surface area contributed by atoms with Gasteiger partial charge in [-0.2, -0.15) is 5.26 Å². The first-order valence-corrected chi connectivity index (χ1v) is 5.20. The monoisotopic (exact) mass is 211 g/mol. The van der Waals surface area contributed by atoms with Crippen molar-refractivity contribution >= 4 is 11.8 Å². The topological polar surface area (TPSA) is 44.0 Å². The fraction of sp³-hybridized carbons (Fsp3) is 0.300. The van der Waals surface area contributed by atoms with Crippen molar-refractivity contribution in [3.63, 3.8) is 0 Å². The summed E-state index contributed by atoms with van der Waals surface area (Å²) in [5, 5.41) is 17.3. The molecule has 0 fully saturated rings. The van der Waals surface area contributed by atoms with Crippen molar-refractivity contribution in [2.45, 2.75) is 11.3 Å². The van der Waals surface area contributed by atoms with Crippen LogP contribution in [0.4, 0.5) is 4.39 Å². The van der Waals surface area contributed by atoms with Gasteiger partial charge in [0.15, 0.2) is 0 Å². The lowest BCUT2D eigenvalue weighted by molar-refractivity contribution is 0.296. The maximum atomic E-state index is 12.7. The van der Waals surface area contributed by atoms with Crippen molar-refractivity contribution in [3.05, 3.63) is 29.6 Å². The largest absolute Gasteiger partial charge is 0.396 e. The van der Waals surface area contributed by atoms with Crippen molar-refractivity contribution in [1.29, 1.82) is 5.26 Å². The fourth-order valence-electron chi connectivity index (χ4n) is 0.962. The van der Waals surface area contributed by atoms with Gasteiger partial charge in [-0.1, -0.05) is 0 Å². The molecular weight excluding hydrogens is 201 g/mol.